The van der Waals surface area contributed by atoms with Gasteiger partial charge in [0, 0.05) is 24.6 Å². The molecule has 1 saturated heterocycles. The third kappa shape index (κ3) is 3.04. The van der Waals surface area contributed by atoms with Crippen molar-refractivity contribution in [1.29, 1.82) is 0 Å². The molecular formula is C21H23N3O. The van der Waals surface area contributed by atoms with Gasteiger partial charge in [-0.1, -0.05) is 29.8 Å². The maximum atomic E-state index is 13.0. The number of hydrogen-bond acceptors (Lipinski definition) is 2. The van der Waals surface area contributed by atoms with Crippen molar-refractivity contribution in [3.8, 4) is 0 Å². The van der Waals surface area contributed by atoms with Gasteiger partial charge in [0.1, 0.15) is 5.82 Å². The first-order chi connectivity index (χ1) is 12.1. The summed E-state index contributed by atoms with van der Waals surface area (Å²) in [7, 11) is 0. The Hall–Kier alpha value is -2.62. The molecule has 4 nitrogen and oxygen atoms in total. The molecule has 1 atom stereocenters. The average Bonchev–Trinajstić information content (AvgIpc) is 3.05. The van der Waals surface area contributed by atoms with E-state index in [1.54, 1.807) is 0 Å². The molecule has 4 rings (SSSR count). The zero-order valence-corrected chi connectivity index (χ0v) is 14.7. The van der Waals surface area contributed by atoms with E-state index in [0.29, 0.717) is 0 Å². The lowest BCUT2D eigenvalue weighted by molar-refractivity contribution is 0.0704. The molecule has 2 aromatic carbocycles. The van der Waals surface area contributed by atoms with E-state index >= 15 is 0 Å². The summed E-state index contributed by atoms with van der Waals surface area (Å²) in [6.45, 7) is 5.62. The molecule has 1 amide bonds. The molecular weight excluding hydrogens is 310 g/mol. The second-order valence-electron chi connectivity index (χ2n) is 7.05. The van der Waals surface area contributed by atoms with E-state index in [1.165, 1.54) is 5.56 Å². The van der Waals surface area contributed by atoms with Gasteiger partial charge in [0.2, 0.25) is 0 Å². The molecule has 0 saturated carbocycles. The monoisotopic (exact) mass is 333 g/mol. The Morgan fingerprint density at radius 2 is 2.04 bits per heavy atom. The van der Waals surface area contributed by atoms with Crippen LogP contribution in [0.2, 0.25) is 0 Å². The number of hydrogen-bond donors (Lipinski definition) is 1. The number of nitrogens with one attached hydrogen (secondary N) is 1. The van der Waals surface area contributed by atoms with Crippen LogP contribution in [0.5, 0.6) is 0 Å². The number of aromatic nitrogens is 2. The molecule has 0 aliphatic carbocycles. The normalized spacial score (nSPS) is 17.8. The molecule has 0 unspecified atom stereocenters. The minimum atomic E-state index is 0.137. The van der Waals surface area contributed by atoms with E-state index < -0.39 is 0 Å². The molecule has 25 heavy (non-hydrogen) atoms. The Balaban J connectivity index is 1.57. The summed E-state index contributed by atoms with van der Waals surface area (Å²) in [5, 5.41) is 0. The van der Waals surface area contributed by atoms with Crippen LogP contribution in [-0.4, -0.2) is 33.9 Å². The van der Waals surface area contributed by atoms with Crippen molar-refractivity contribution in [2.75, 3.05) is 13.1 Å². The van der Waals surface area contributed by atoms with Crippen molar-refractivity contribution >= 4 is 16.9 Å². The first kappa shape index (κ1) is 15.9. The number of benzene rings is 2. The molecule has 1 N–H and O–H groups in total. The molecule has 3 aromatic rings. The van der Waals surface area contributed by atoms with Gasteiger partial charge in [-0.25, -0.2) is 4.98 Å². The zero-order valence-electron chi connectivity index (χ0n) is 14.7. The highest BCUT2D eigenvalue weighted by molar-refractivity contribution is 5.95. The number of rotatable bonds is 2. The molecule has 2 heterocycles. The number of piperidine rings is 1. The zero-order chi connectivity index (χ0) is 17.4. The van der Waals surface area contributed by atoms with Crippen molar-refractivity contribution in [3.05, 3.63) is 65.0 Å². The third-order valence-corrected chi connectivity index (χ3v) is 5.12. The molecule has 1 aromatic heterocycles. The van der Waals surface area contributed by atoms with Crippen LogP contribution in [0.25, 0.3) is 11.0 Å². The average molecular weight is 333 g/mol. The number of imidazole rings is 1. The lowest BCUT2D eigenvalue weighted by atomic mass is 9.96. The highest BCUT2D eigenvalue weighted by Gasteiger charge is 2.27. The highest BCUT2D eigenvalue weighted by Crippen LogP contribution is 2.28. The molecule has 0 radical (unpaired) electrons. The Bertz CT molecular complexity index is 895. The number of carbonyl (C=O) groups is 1. The Labute approximate surface area is 147 Å². The molecule has 0 spiro atoms. The van der Waals surface area contributed by atoms with Crippen LogP contribution in [0, 0.1) is 13.8 Å². The maximum Gasteiger partial charge on any atom is 0.254 e. The number of carbonyl (C=O) groups excluding carboxylic acids is 1. The topological polar surface area (TPSA) is 49.0 Å². The lowest BCUT2D eigenvalue weighted by Gasteiger charge is -2.32. The van der Waals surface area contributed by atoms with Crippen LogP contribution in [0.4, 0.5) is 0 Å². The van der Waals surface area contributed by atoms with Gasteiger partial charge in [0.25, 0.3) is 5.91 Å². The fourth-order valence-corrected chi connectivity index (χ4v) is 3.77. The second kappa shape index (κ2) is 6.36. The summed E-state index contributed by atoms with van der Waals surface area (Å²) in [5.74, 6) is 1.41. The second-order valence-corrected chi connectivity index (χ2v) is 7.05. The molecule has 1 fully saturated rings. The van der Waals surface area contributed by atoms with Crippen LogP contribution in [-0.2, 0) is 0 Å². The fourth-order valence-electron chi connectivity index (χ4n) is 3.77. The summed E-state index contributed by atoms with van der Waals surface area (Å²) in [5.41, 5.74) is 5.12. The van der Waals surface area contributed by atoms with Gasteiger partial charge >= 0.3 is 0 Å². The fraction of sp³-hybridized carbons (Fsp3) is 0.333. The van der Waals surface area contributed by atoms with E-state index in [2.05, 4.69) is 18.0 Å². The number of aromatic amines is 1. The predicted octanol–water partition coefficient (Wildman–Crippen LogP) is 4.20. The minimum Gasteiger partial charge on any atom is -0.342 e. The SMILES string of the molecule is Cc1ccc(C(=O)N2CCC[C@H](c3nc4ccccc4[nH]3)C2)c(C)c1. The minimum absolute atomic E-state index is 0.137. The van der Waals surface area contributed by atoms with E-state index in [9.17, 15) is 4.79 Å². The van der Waals surface area contributed by atoms with E-state index in [1.807, 2.05) is 48.2 Å². The summed E-state index contributed by atoms with van der Waals surface area (Å²) in [4.78, 5) is 23.1. The number of likely N-dealkylation sites (tertiary alicyclic amines) is 1. The Morgan fingerprint density at radius 3 is 2.84 bits per heavy atom. The number of amides is 1. The molecule has 0 bridgehead atoms. The first-order valence-corrected chi connectivity index (χ1v) is 8.93. The van der Waals surface area contributed by atoms with Gasteiger partial charge in [-0.05, 0) is 50.5 Å². The van der Waals surface area contributed by atoms with Crippen molar-refractivity contribution < 1.29 is 4.79 Å². The molecule has 128 valence electrons. The van der Waals surface area contributed by atoms with E-state index in [4.69, 9.17) is 4.98 Å². The van der Waals surface area contributed by atoms with Gasteiger partial charge in [-0.15, -0.1) is 0 Å². The smallest absolute Gasteiger partial charge is 0.254 e. The van der Waals surface area contributed by atoms with Gasteiger partial charge in [-0.3, -0.25) is 4.79 Å². The lowest BCUT2D eigenvalue weighted by Crippen LogP contribution is -2.39. The maximum absolute atomic E-state index is 13.0. The number of aryl methyl sites for hydroxylation is 2. The van der Waals surface area contributed by atoms with Gasteiger partial charge in [-0.2, -0.15) is 0 Å². The van der Waals surface area contributed by atoms with Crippen LogP contribution in [0.3, 0.4) is 0 Å². The van der Waals surface area contributed by atoms with Crippen molar-refractivity contribution in [1.82, 2.24) is 14.9 Å². The largest absolute Gasteiger partial charge is 0.342 e. The van der Waals surface area contributed by atoms with Crippen LogP contribution < -0.4 is 0 Å². The number of nitrogens with zero attached hydrogens (tertiary/aromatic N) is 2. The van der Waals surface area contributed by atoms with Crippen LogP contribution in [0.1, 0.15) is 46.1 Å². The van der Waals surface area contributed by atoms with Gasteiger partial charge in [0.05, 0.1) is 11.0 Å². The summed E-state index contributed by atoms with van der Waals surface area (Å²) in [6.07, 6.45) is 2.08. The molecule has 1 aliphatic rings. The Morgan fingerprint density at radius 1 is 1.20 bits per heavy atom. The van der Waals surface area contributed by atoms with Gasteiger partial charge < -0.3 is 9.88 Å². The van der Waals surface area contributed by atoms with Crippen molar-refractivity contribution in [2.24, 2.45) is 0 Å². The van der Waals surface area contributed by atoms with Crippen LogP contribution in [0.15, 0.2) is 42.5 Å². The summed E-state index contributed by atoms with van der Waals surface area (Å²) < 4.78 is 0. The summed E-state index contributed by atoms with van der Waals surface area (Å²) in [6, 6.07) is 14.1. The highest BCUT2D eigenvalue weighted by atomic mass is 16.2. The Kier molecular flexibility index (Phi) is 4.04. The van der Waals surface area contributed by atoms with E-state index in [-0.39, 0.29) is 11.8 Å². The number of fused-ring (bicyclic) bond motifs is 1. The standard InChI is InChI=1S/C21H23N3O/c1-14-9-10-17(15(2)12-14)21(25)24-11-5-6-16(13-24)20-22-18-7-3-4-8-19(18)23-20/h3-4,7-10,12,16H,5-6,11,13H2,1-2H3,(H,22,23)/t16-/m0/s1. The van der Waals surface area contributed by atoms with Gasteiger partial charge in [0.15, 0.2) is 0 Å². The first-order valence-electron chi connectivity index (χ1n) is 8.93. The molecule has 4 heteroatoms. The van der Waals surface area contributed by atoms with Crippen molar-refractivity contribution in [3.63, 3.8) is 0 Å². The van der Waals surface area contributed by atoms with Crippen LogP contribution >= 0.6 is 0 Å². The third-order valence-electron chi connectivity index (χ3n) is 5.12. The summed E-state index contributed by atoms with van der Waals surface area (Å²) >= 11 is 0. The number of H-pyrrole nitrogens is 1. The van der Waals surface area contributed by atoms with Crippen molar-refractivity contribution in [2.45, 2.75) is 32.6 Å². The number of para-hydroxylation sites is 2. The van der Waals surface area contributed by atoms with E-state index in [0.717, 1.165) is 53.9 Å². The predicted molar refractivity (Wildman–Crippen MR) is 99.9 cm³/mol. The quantitative estimate of drug-likeness (QED) is 0.764. The molecule has 1 aliphatic heterocycles.